The van der Waals surface area contributed by atoms with Crippen LogP contribution in [0, 0.1) is 0 Å². The van der Waals surface area contributed by atoms with Crippen molar-refractivity contribution in [1.82, 2.24) is 0 Å². The van der Waals surface area contributed by atoms with Gasteiger partial charge in [0.1, 0.15) is 11.5 Å². The van der Waals surface area contributed by atoms with Crippen LogP contribution in [0.5, 0.6) is 11.5 Å². The molecule has 10 rings (SSSR count). The molecule has 0 unspecified atom stereocenters. The van der Waals surface area contributed by atoms with Crippen molar-refractivity contribution in [3.05, 3.63) is 158 Å². The molecule has 0 fully saturated rings. The van der Waals surface area contributed by atoms with Gasteiger partial charge in [-0.25, -0.2) is 0 Å². The molecule has 0 bridgehead atoms. The third-order valence-electron chi connectivity index (χ3n) is 8.98. The van der Waals surface area contributed by atoms with Gasteiger partial charge in [0.15, 0.2) is 0 Å². The summed E-state index contributed by atoms with van der Waals surface area (Å²) in [4.78, 5) is 0. The third kappa shape index (κ3) is 3.62. The summed E-state index contributed by atoms with van der Waals surface area (Å²) >= 11 is 0. The lowest BCUT2D eigenvalue weighted by molar-refractivity contribution is 0.487. The summed E-state index contributed by atoms with van der Waals surface area (Å²) in [6, 6.07) is 30.3. The summed E-state index contributed by atoms with van der Waals surface area (Å²) in [5.74, 6) is 0.963. The minimum Gasteiger partial charge on any atom is -0.456 e. The van der Waals surface area contributed by atoms with Gasteiger partial charge in [-0.2, -0.15) is 0 Å². The standard InChI is InChI=1S/C44H26O/c1-2-6-27(7-3-1)33-20-22-36-38-11-5-10-37-35(24-25-40(44(37)38)45-41(36)26-33)29-14-12-28(13-15-29)34-21-18-32-17-16-30-8-4-9-31-19-23-39(34)43(32)42(30)31/h1-26H/i1D,2D,3D,6D,7D,12D,13D,14D,15D. The fraction of sp³-hybridized carbons (Fsp3) is 0. The highest BCUT2D eigenvalue weighted by molar-refractivity contribution is 6.25. The second-order valence-electron chi connectivity index (χ2n) is 11.4. The topological polar surface area (TPSA) is 9.23 Å². The van der Waals surface area contributed by atoms with Crippen LogP contribution >= 0.6 is 0 Å². The van der Waals surface area contributed by atoms with E-state index >= 15 is 0 Å². The molecular formula is C44H26O. The Morgan fingerprint density at radius 3 is 1.78 bits per heavy atom. The first kappa shape index (κ1) is 17.4. The van der Waals surface area contributed by atoms with Gasteiger partial charge < -0.3 is 4.74 Å². The molecule has 9 aromatic rings. The van der Waals surface area contributed by atoms with Crippen LogP contribution in [0.25, 0.3) is 87.6 Å². The van der Waals surface area contributed by atoms with Gasteiger partial charge >= 0.3 is 0 Å². The van der Waals surface area contributed by atoms with Crippen LogP contribution < -0.4 is 4.74 Å². The zero-order chi connectivity index (χ0) is 37.3. The molecule has 1 nitrogen and oxygen atoms in total. The van der Waals surface area contributed by atoms with E-state index in [0.717, 1.165) is 48.8 Å². The minimum atomic E-state index is -0.455. The van der Waals surface area contributed by atoms with E-state index in [1.165, 1.54) is 0 Å². The molecule has 0 saturated carbocycles. The first-order valence-corrected chi connectivity index (χ1v) is 14.8. The summed E-state index contributed by atoms with van der Waals surface area (Å²) < 4.78 is 84.9. The van der Waals surface area contributed by atoms with Gasteiger partial charge in [-0.15, -0.1) is 0 Å². The summed E-state index contributed by atoms with van der Waals surface area (Å²) in [6.45, 7) is 0. The van der Waals surface area contributed by atoms with E-state index in [1.807, 2.05) is 48.5 Å². The van der Waals surface area contributed by atoms with Gasteiger partial charge in [-0.3, -0.25) is 0 Å². The van der Waals surface area contributed by atoms with Crippen LogP contribution in [0.2, 0.25) is 0 Å². The first-order valence-electron chi connectivity index (χ1n) is 19.3. The van der Waals surface area contributed by atoms with E-state index in [0.29, 0.717) is 33.6 Å². The van der Waals surface area contributed by atoms with Crippen LogP contribution in [-0.4, -0.2) is 0 Å². The van der Waals surface area contributed by atoms with Gasteiger partial charge in [0.25, 0.3) is 0 Å². The van der Waals surface area contributed by atoms with Crippen molar-refractivity contribution in [1.29, 1.82) is 0 Å². The molecule has 45 heavy (non-hydrogen) atoms. The molecule has 9 aromatic carbocycles. The highest BCUT2D eigenvalue weighted by Crippen LogP contribution is 2.49. The van der Waals surface area contributed by atoms with Crippen molar-refractivity contribution in [2.24, 2.45) is 0 Å². The molecule has 0 spiro atoms. The molecule has 1 heterocycles. The smallest absolute Gasteiger partial charge is 0.135 e. The second kappa shape index (κ2) is 9.29. The minimum absolute atomic E-state index is 0.0839. The Balaban J connectivity index is 1.14. The molecule has 0 amide bonds. The third-order valence-corrected chi connectivity index (χ3v) is 8.98. The van der Waals surface area contributed by atoms with Crippen molar-refractivity contribution in [2.75, 3.05) is 0 Å². The fourth-order valence-electron chi connectivity index (χ4n) is 6.93. The van der Waals surface area contributed by atoms with E-state index in [9.17, 15) is 5.48 Å². The van der Waals surface area contributed by atoms with Crippen LogP contribution in [0.1, 0.15) is 12.3 Å². The molecule has 0 atom stereocenters. The number of fused-ring (bicyclic) bond motifs is 2. The Labute approximate surface area is 273 Å². The maximum absolute atomic E-state index is 9.33. The van der Waals surface area contributed by atoms with Crippen molar-refractivity contribution < 1.29 is 17.1 Å². The number of hydrogen-bond acceptors (Lipinski definition) is 1. The van der Waals surface area contributed by atoms with Crippen molar-refractivity contribution in [3.63, 3.8) is 0 Å². The molecule has 0 saturated heterocycles. The quantitative estimate of drug-likeness (QED) is 0.189. The number of benzene rings is 9. The maximum atomic E-state index is 9.33. The highest BCUT2D eigenvalue weighted by Gasteiger charge is 2.22. The lowest BCUT2D eigenvalue weighted by Crippen LogP contribution is -1.98. The SMILES string of the molecule is [2H]c1c([2H])c([2H])c(-c2ccc3c(c2)Oc2ccc(-c4c([2H])c([2H])c(-c5ccc6ccc7cccc8ccc5c6c78)c([2H])c4[2H])c4cccc-3c24)c([2H])c1[2H]. The molecule has 0 N–H and O–H groups in total. The summed E-state index contributed by atoms with van der Waals surface area (Å²) in [6.07, 6.45) is 0. The average molecular weight is 580 g/mol. The molecule has 0 aromatic heterocycles. The summed E-state index contributed by atoms with van der Waals surface area (Å²) in [7, 11) is 0. The molecule has 1 aliphatic heterocycles. The molecule has 1 heteroatoms. The van der Waals surface area contributed by atoms with E-state index in [-0.39, 0.29) is 52.9 Å². The predicted octanol–water partition coefficient (Wildman–Crippen LogP) is 12.5. The Bertz CT molecular complexity index is 3060. The molecule has 0 aliphatic carbocycles. The fourth-order valence-corrected chi connectivity index (χ4v) is 6.93. The Hall–Kier alpha value is -5.92. The Kier molecular flexibility index (Phi) is 3.59. The van der Waals surface area contributed by atoms with Crippen LogP contribution in [-0.2, 0) is 0 Å². The van der Waals surface area contributed by atoms with E-state index in [2.05, 4.69) is 24.3 Å². The van der Waals surface area contributed by atoms with Gasteiger partial charge in [0.05, 0.1) is 12.3 Å². The molecule has 208 valence electrons. The van der Waals surface area contributed by atoms with Crippen LogP contribution in [0.15, 0.2) is 158 Å². The molecule has 0 radical (unpaired) electrons. The van der Waals surface area contributed by atoms with Crippen molar-refractivity contribution in [2.45, 2.75) is 0 Å². The zero-order valence-electron chi connectivity index (χ0n) is 32.7. The lowest BCUT2D eigenvalue weighted by atomic mass is 9.88. The van der Waals surface area contributed by atoms with Crippen molar-refractivity contribution in [3.8, 4) is 56.0 Å². The van der Waals surface area contributed by atoms with Gasteiger partial charge in [0, 0.05) is 10.9 Å². The van der Waals surface area contributed by atoms with Crippen LogP contribution in [0.3, 0.4) is 0 Å². The highest BCUT2D eigenvalue weighted by atomic mass is 16.5. The molecular weight excluding hydrogens is 544 g/mol. The van der Waals surface area contributed by atoms with E-state index in [1.54, 1.807) is 30.3 Å². The van der Waals surface area contributed by atoms with Gasteiger partial charge in [-0.1, -0.05) is 139 Å². The summed E-state index contributed by atoms with van der Waals surface area (Å²) in [5, 5.41) is 7.70. The Morgan fingerprint density at radius 2 is 1.00 bits per heavy atom. The monoisotopic (exact) mass is 579 g/mol. The number of rotatable bonds is 3. The predicted molar refractivity (Wildman–Crippen MR) is 189 cm³/mol. The lowest BCUT2D eigenvalue weighted by Gasteiger charge is -2.23. The second-order valence-corrected chi connectivity index (χ2v) is 11.4. The van der Waals surface area contributed by atoms with Crippen LogP contribution in [0.4, 0.5) is 0 Å². The van der Waals surface area contributed by atoms with Gasteiger partial charge in [-0.05, 0) is 94.8 Å². The maximum Gasteiger partial charge on any atom is 0.135 e. The summed E-state index contributed by atoms with van der Waals surface area (Å²) in [5.41, 5.74) is 3.68. The van der Waals surface area contributed by atoms with E-state index < -0.39 is 18.1 Å². The largest absolute Gasteiger partial charge is 0.456 e. The Morgan fingerprint density at radius 1 is 0.378 bits per heavy atom. The average Bonchev–Trinajstić information content (AvgIpc) is 3.19. The number of ether oxygens (including phenoxy) is 1. The first-order chi connectivity index (χ1) is 26.0. The van der Waals surface area contributed by atoms with E-state index in [4.69, 9.17) is 11.6 Å². The normalized spacial score (nSPS) is 15.0. The van der Waals surface area contributed by atoms with Crippen molar-refractivity contribution >= 4 is 43.1 Å². The number of hydrogen-bond donors (Lipinski definition) is 0. The molecule has 1 aliphatic rings. The van der Waals surface area contributed by atoms with Gasteiger partial charge in [0.2, 0.25) is 0 Å². The zero-order valence-corrected chi connectivity index (χ0v) is 23.7.